The van der Waals surface area contributed by atoms with Crippen LogP contribution >= 0.6 is 0 Å². The first kappa shape index (κ1) is 14.9. The molecule has 110 valence electrons. The number of benzene rings is 1. The van der Waals surface area contributed by atoms with Crippen molar-refractivity contribution in [3.8, 4) is 5.75 Å². The highest BCUT2D eigenvalue weighted by Crippen LogP contribution is 2.34. The van der Waals surface area contributed by atoms with Gasteiger partial charge in [0.25, 0.3) is 0 Å². The number of nitrogens with zero attached hydrogens (tertiary/aromatic N) is 1. The molecule has 1 aliphatic carbocycles. The van der Waals surface area contributed by atoms with E-state index in [1.807, 2.05) is 26.0 Å². The summed E-state index contributed by atoms with van der Waals surface area (Å²) in [7, 11) is 0. The first-order chi connectivity index (χ1) is 9.49. The highest BCUT2D eigenvalue weighted by atomic mass is 16.3. The van der Waals surface area contributed by atoms with Gasteiger partial charge in [-0.05, 0) is 38.3 Å². The minimum absolute atomic E-state index is 0.00815. The molecular weight excluding hydrogens is 252 g/mol. The van der Waals surface area contributed by atoms with E-state index in [0.717, 1.165) is 24.0 Å². The maximum atomic E-state index is 11.4. The Morgan fingerprint density at radius 3 is 2.65 bits per heavy atom. The van der Waals surface area contributed by atoms with E-state index >= 15 is 0 Å². The molecule has 0 saturated heterocycles. The molecule has 4 nitrogen and oxygen atoms in total. The van der Waals surface area contributed by atoms with Crippen LogP contribution < -0.4 is 5.73 Å². The van der Waals surface area contributed by atoms with Crippen molar-refractivity contribution >= 4 is 5.91 Å². The molecule has 1 fully saturated rings. The highest BCUT2D eigenvalue weighted by molar-refractivity contribution is 5.76. The molecule has 2 rings (SSSR count). The van der Waals surface area contributed by atoms with Gasteiger partial charge in [0.15, 0.2) is 0 Å². The van der Waals surface area contributed by atoms with Crippen molar-refractivity contribution in [2.24, 2.45) is 5.73 Å². The fourth-order valence-electron chi connectivity index (χ4n) is 3.18. The first-order valence-electron chi connectivity index (χ1n) is 7.32. The molecule has 1 amide bonds. The molecule has 3 N–H and O–H groups in total. The second kappa shape index (κ2) is 6.27. The lowest BCUT2D eigenvalue weighted by Crippen LogP contribution is -2.41. The van der Waals surface area contributed by atoms with Crippen LogP contribution in [0.1, 0.15) is 49.8 Å². The van der Waals surface area contributed by atoms with Gasteiger partial charge in [0, 0.05) is 17.6 Å². The lowest BCUT2D eigenvalue weighted by atomic mass is 10.0. The normalized spacial score (nSPS) is 17.6. The zero-order valence-electron chi connectivity index (χ0n) is 12.3. The van der Waals surface area contributed by atoms with Crippen molar-refractivity contribution in [3.63, 3.8) is 0 Å². The molecule has 1 aromatic rings. The van der Waals surface area contributed by atoms with Crippen LogP contribution in [0.5, 0.6) is 5.75 Å². The number of phenols is 1. The average Bonchev–Trinajstić information content (AvgIpc) is 2.88. The van der Waals surface area contributed by atoms with Crippen molar-refractivity contribution in [3.05, 3.63) is 29.3 Å². The standard InChI is InChI=1S/C16H24N2O2/c1-11-7-8-14(15(19)9-11)12(2)18(10-16(17)20)13-5-3-4-6-13/h7-9,12-13,19H,3-6,10H2,1-2H3,(H2,17,20). The zero-order valence-corrected chi connectivity index (χ0v) is 12.3. The van der Waals surface area contributed by atoms with Crippen LogP contribution in [0.2, 0.25) is 0 Å². The minimum atomic E-state index is -0.310. The number of hydrogen-bond acceptors (Lipinski definition) is 3. The number of aryl methyl sites for hydroxylation is 1. The Hall–Kier alpha value is -1.55. The van der Waals surface area contributed by atoms with E-state index in [1.54, 1.807) is 6.07 Å². The smallest absolute Gasteiger partial charge is 0.231 e. The van der Waals surface area contributed by atoms with E-state index < -0.39 is 0 Å². The molecule has 1 atom stereocenters. The summed E-state index contributed by atoms with van der Waals surface area (Å²) in [6.07, 6.45) is 4.60. The third-order valence-corrected chi connectivity index (χ3v) is 4.27. The van der Waals surface area contributed by atoms with Gasteiger partial charge >= 0.3 is 0 Å². The summed E-state index contributed by atoms with van der Waals surface area (Å²) < 4.78 is 0. The SMILES string of the molecule is Cc1ccc(C(C)N(CC(N)=O)C2CCCC2)c(O)c1. The summed E-state index contributed by atoms with van der Waals surface area (Å²) in [5, 5.41) is 10.1. The lowest BCUT2D eigenvalue weighted by molar-refractivity contribution is -0.120. The molecule has 1 aromatic carbocycles. The molecule has 0 spiro atoms. The van der Waals surface area contributed by atoms with Gasteiger partial charge < -0.3 is 10.8 Å². The molecule has 0 aliphatic heterocycles. The summed E-state index contributed by atoms with van der Waals surface area (Å²) in [5.41, 5.74) is 7.29. The van der Waals surface area contributed by atoms with Crippen molar-refractivity contribution in [2.45, 2.75) is 51.6 Å². The molecule has 20 heavy (non-hydrogen) atoms. The Morgan fingerprint density at radius 1 is 1.45 bits per heavy atom. The van der Waals surface area contributed by atoms with Gasteiger partial charge in [0.2, 0.25) is 5.91 Å². The van der Waals surface area contributed by atoms with Crippen molar-refractivity contribution in [1.29, 1.82) is 0 Å². The van der Waals surface area contributed by atoms with Crippen LogP contribution in [0, 0.1) is 6.92 Å². The molecule has 0 bridgehead atoms. The van der Waals surface area contributed by atoms with E-state index in [2.05, 4.69) is 4.90 Å². The van der Waals surface area contributed by atoms with E-state index in [9.17, 15) is 9.90 Å². The van der Waals surface area contributed by atoms with Crippen LogP contribution in [0.4, 0.5) is 0 Å². The molecule has 0 aromatic heterocycles. The lowest BCUT2D eigenvalue weighted by Gasteiger charge is -2.34. The number of amides is 1. The van der Waals surface area contributed by atoms with Crippen LogP contribution in [0.3, 0.4) is 0 Å². The fraction of sp³-hybridized carbons (Fsp3) is 0.562. The monoisotopic (exact) mass is 276 g/mol. The summed E-state index contributed by atoms with van der Waals surface area (Å²) in [6.45, 7) is 4.23. The predicted octanol–water partition coefficient (Wildman–Crippen LogP) is 2.49. The Morgan fingerprint density at radius 2 is 2.10 bits per heavy atom. The largest absolute Gasteiger partial charge is 0.508 e. The number of nitrogens with two attached hydrogens (primary N) is 1. The maximum absolute atomic E-state index is 11.4. The molecule has 1 aliphatic rings. The minimum Gasteiger partial charge on any atom is -0.508 e. The van der Waals surface area contributed by atoms with Crippen LogP contribution in [-0.2, 0) is 4.79 Å². The first-order valence-corrected chi connectivity index (χ1v) is 7.32. The van der Waals surface area contributed by atoms with Gasteiger partial charge in [-0.25, -0.2) is 0 Å². The van der Waals surface area contributed by atoms with Crippen LogP contribution in [0.25, 0.3) is 0 Å². The fourth-order valence-corrected chi connectivity index (χ4v) is 3.18. The predicted molar refractivity (Wildman–Crippen MR) is 79.4 cm³/mol. The molecular formula is C16H24N2O2. The number of rotatable bonds is 5. The average molecular weight is 276 g/mol. The number of aromatic hydroxyl groups is 1. The molecule has 1 saturated carbocycles. The highest BCUT2D eigenvalue weighted by Gasteiger charge is 2.29. The van der Waals surface area contributed by atoms with Gasteiger partial charge in [0.1, 0.15) is 5.75 Å². The van der Waals surface area contributed by atoms with Gasteiger partial charge in [-0.1, -0.05) is 25.0 Å². The van der Waals surface area contributed by atoms with E-state index in [1.165, 1.54) is 12.8 Å². The van der Waals surface area contributed by atoms with Gasteiger partial charge in [-0.2, -0.15) is 0 Å². The number of carbonyl (C=O) groups is 1. The van der Waals surface area contributed by atoms with Crippen molar-refractivity contribution < 1.29 is 9.90 Å². The van der Waals surface area contributed by atoms with Gasteiger partial charge in [-0.15, -0.1) is 0 Å². The van der Waals surface area contributed by atoms with E-state index in [0.29, 0.717) is 11.8 Å². The van der Waals surface area contributed by atoms with Crippen LogP contribution in [0.15, 0.2) is 18.2 Å². The zero-order chi connectivity index (χ0) is 14.7. The third kappa shape index (κ3) is 3.31. The maximum Gasteiger partial charge on any atom is 0.231 e. The van der Waals surface area contributed by atoms with E-state index in [-0.39, 0.29) is 18.5 Å². The quantitative estimate of drug-likeness (QED) is 0.868. The number of primary amides is 1. The number of phenolic OH excluding ortho intramolecular Hbond substituents is 1. The number of carbonyl (C=O) groups excluding carboxylic acids is 1. The van der Waals surface area contributed by atoms with Gasteiger partial charge in [0.05, 0.1) is 6.54 Å². The van der Waals surface area contributed by atoms with E-state index in [4.69, 9.17) is 5.73 Å². The third-order valence-electron chi connectivity index (χ3n) is 4.27. The number of hydrogen-bond donors (Lipinski definition) is 2. The Labute approximate surface area is 120 Å². The van der Waals surface area contributed by atoms with Crippen molar-refractivity contribution in [1.82, 2.24) is 4.90 Å². The molecule has 0 radical (unpaired) electrons. The summed E-state index contributed by atoms with van der Waals surface area (Å²) in [5.74, 6) is -0.0136. The Bertz CT molecular complexity index is 481. The topological polar surface area (TPSA) is 66.6 Å². The second-order valence-electron chi connectivity index (χ2n) is 5.82. The summed E-state index contributed by atoms with van der Waals surface area (Å²) in [4.78, 5) is 13.5. The summed E-state index contributed by atoms with van der Waals surface area (Å²) >= 11 is 0. The van der Waals surface area contributed by atoms with Crippen molar-refractivity contribution in [2.75, 3.05) is 6.54 Å². The molecule has 4 heteroatoms. The molecule has 0 heterocycles. The Kier molecular flexibility index (Phi) is 4.65. The summed E-state index contributed by atoms with van der Waals surface area (Å²) in [6, 6.07) is 6.08. The van der Waals surface area contributed by atoms with Gasteiger partial charge in [-0.3, -0.25) is 9.69 Å². The van der Waals surface area contributed by atoms with Crippen LogP contribution in [-0.4, -0.2) is 28.5 Å². The Balaban J connectivity index is 2.24. The molecule has 1 unspecified atom stereocenters. The second-order valence-corrected chi connectivity index (χ2v) is 5.82.